The minimum absolute atomic E-state index is 0.0414. The fourth-order valence-electron chi connectivity index (χ4n) is 1.75. The number of hydrogen-bond acceptors (Lipinski definition) is 6. The van der Waals surface area contributed by atoms with Crippen molar-refractivity contribution < 1.29 is 14.5 Å². The zero-order valence-corrected chi connectivity index (χ0v) is 13.1. The molecule has 1 amide bonds. The third kappa shape index (κ3) is 3.40. The summed E-state index contributed by atoms with van der Waals surface area (Å²) in [7, 11) is 1.32. The van der Waals surface area contributed by atoms with E-state index in [9.17, 15) is 14.9 Å². The molecule has 1 aromatic carbocycles. The van der Waals surface area contributed by atoms with Crippen molar-refractivity contribution in [2.45, 2.75) is 19.8 Å². The van der Waals surface area contributed by atoms with Crippen LogP contribution in [-0.4, -0.2) is 22.9 Å². The molecule has 8 heteroatoms. The highest BCUT2D eigenvalue weighted by Crippen LogP contribution is 2.29. The van der Waals surface area contributed by atoms with Crippen molar-refractivity contribution in [3.63, 3.8) is 0 Å². The molecule has 1 aromatic heterocycles. The number of carbonyl (C=O) groups excluding carboxylic acids is 1. The Bertz CT molecular complexity index is 712. The zero-order valence-electron chi connectivity index (χ0n) is 12.3. The lowest BCUT2D eigenvalue weighted by Gasteiger charge is -2.05. The maximum absolute atomic E-state index is 12.2. The fraction of sp³-hybridized carbons (Fsp3) is 0.286. The van der Waals surface area contributed by atoms with Gasteiger partial charge in [-0.3, -0.25) is 20.2 Å². The molecule has 116 valence electrons. The van der Waals surface area contributed by atoms with Crippen LogP contribution in [-0.2, 0) is 0 Å². The Kier molecular flexibility index (Phi) is 4.71. The van der Waals surface area contributed by atoms with E-state index >= 15 is 0 Å². The largest absolute Gasteiger partial charge is 0.490 e. The van der Waals surface area contributed by atoms with Crippen LogP contribution in [0.1, 0.15) is 35.0 Å². The standard InChI is InChI=1S/C14H15N3O4S/c1-8(2)12-7-15-14(22-12)16-13(18)9-4-5-10(17(19)20)11(6-9)21-3/h4-8H,1-3H3,(H,15,16,18). The van der Waals surface area contributed by atoms with E-state index < -0.39 is 10.8 Å². The number of amides is 1. The zero-order chi connectivity index (χ0) is 16.3. The van der Waals surface area contributed by atoms with Gasteiger partial charge in [0.2, 0.25) is 0 Å². The lowest BCUT2D eigenvalue weighted by Crippen LogP contribution is -2.12. The number of anilines is 1. The molecule has 2 aromatic rings. The average Bonchev–Trinajstić information content (AvgIpc) is 2.95. The number of carbonyl (C=O) groups is 1. The number of thiazole rings is 1. The van der Waals surface area contributed by atoms with Gasteiger partial charge in [0.1, 0.15) is 0 Å². The molecule has 0 fully saturated rings. The van der Waals surface area contributed by atoms with Gasteiger partial charge in [-0.2, -0.15) is 0 Å². The molecule has 0 radical (unpaired) electrons. The van der Waals surface area contributed by atoms with Gasteiger partial charge in [-0.05, 0) is 12.0 Å². The maximum Gasteiger partial charge on any atom is 0.310 e. The van der Waals surface area contributed by atoms with E-state index in [1.807, 2.05) is 13.8 Å². The average molecular weight is 321 g/mol. The number of nitro benzene ring substituents is 1. The van der Waals surface area contributed by atoms with Gasteiger partial charge in [-0.1, -0.05) is 13.8 Å². The van der Waals surface area contributed by atoms with Crippen LogP contribution >= 0.6 is 11.3 Å². The van der Waals surface area contributed by atoms with E-state index in [0.29, 0.717) is 11.0 Å². The number of hydrogen-bond donors (Lipinski definition) is 1. The highest BCUT2D eigenvalue weighted by atomic mass is 32.1. The summed E-state index contributed by atoms with van der Waals surface area (Å²) in [5.74, 6) is -0.0138. The van der Waals surface area contributed by atoms with Crippen LogP contribution in [0.4, 0.5) is 10.8 Å². The van der Waals surface area contributed by atoms with Crippen LogP contribution < -0.4 is 10.1 Å². The first-order valence-electron chi connectivity index (χ1n) is 6.52. The summed E-state index contributed by atoms with van der Waals surface area (Å²) in [6.07, 6.45) is 1.72. The van der Waals surface area contributed by atoms with Gasteiger partial charge in [-0.15, -0.1) is 11.3 Å². The summed E-state index contributed by atoms with van der Waals surface area (Å²) in [6, 6.07) is 3.96. The molecular weight excluding hydrogens is 306 g/mol. The van der Waals surface area contributed by atoms with Gasteiger partial charge in [0.05, 0.1) is 12.0 Å². The highest BCUT2D eigenvalue weighted by Gasteiger charge is 2.18. The van der Waals surface area contributed by atoms with Crippen molar-refractivity contribution in [2.75, 3.05) is 12.4 Å². The van der Waals surface area contributed by atoms with Gasteiger partial charge < -0.3 is 4.74 Å². The van der Waals surface area contributed by atoms with Crippen molar-refractivity contribution >= 4 is 28.1 Å². The van der Waals surface area contributed by atoms with Crippen LogP contribution in [0.3, 0.4) is 0 Å². The van der Waals surface area contributed by atoms with E-state index in [1.54, 1.807) is 6.20 Å². The third-order valence-corrected chi connectivity index (χ3v) is 4.17. The second-order valence-electron chi connectivity index (χ2n) is 4.82. The molecule has 0 saturated carbocycles. The Morgan fingerprint density at radius 2 is 2.18 bits per heavy atom. The molecule has 0 bridgehead atoms. The molecule has 0 atom stereocenters. The van der Waals surface area contributed by atoms with Crippen molar-refractivity contribution in [2.24, 2.45) is 0 Å². The SMILES string of the molecule is COc1cc(C(=O)Nc2ncc(C(C)C)s2)ccc1[N+](=O)[O-]. The molecule has 1 heterocycles. The Labute approximate surface area is 131 Å². The van der Waals surface area contributed by atoms with Gasteiger partial charge in [0.25, 0.3) is 5.91 Å². The molecule has 0 spiro atoms. The molecule has 0 aliphatic rings. The number of benzene rings is 1. The molecule has 0 aliphatic carbocycles. The highest BCUT2D eigenvalue weighted by molar-refractivity contribution is 7.15. The number of rotatable bonds is 5. The third-order valence-electron chi connectivity index (χ3n) is 2.95. The summed E-state index contributed by atoms with van der Waals surface area (Å²) in [6.45, 7) is 4.08. The number of nitrogens with one attached hydrogen (secondary N) is 1. The fourth-order valence-corrected chi connectivity index (χ4v) is 2.56. The molecule has 2 rings (SSSR count). The molecular formula is C14H15N3O4S. The van der Waals surface area contributed by atoms with Crippen LogP contribution in [0.2, 0.25) is 0 Å². The van der Waals surface area contributed by atoms with Crippen molar-refractivity contribution in [1.82, 2.24) is 4.98 Å². The first kappa shape index (κ1) is 15.9. The number of nitrogens with zero attached hydrogens (tertiary/aromatic N) is 2. The van der Waals surface area contributed by atoms with E-state index in [-0.39, 0.29) is 17.0 Å². The molecule has 7 nitrogen and oxygen atoms in total. The number of ether oxygens (including phenoxy) is 1. The molecule has 0 saturated heterocycles. The van der Waals surface area contributed by atoms with Gasteiger partial charge in [-0.25, -0.2) is 4.98 Å². The molecule has 1 N–H and O–H groups in total. The quantitative estimate of drug-likeness (QED) is 0.672. The smallest absolute Gasteiger partial charge is 0.310 e. The van der Waals surface area contributed by atoms with E-state index in [0.717, 1.165) is 4.88 Å². The molecule has 22 heavy (non-hydrogen) atoms. The lowest BCUT2D eigenvalue weighted by molar-refractivity contribution is -0.385. The molecule has 0 unspecified atom stereocenters. The summed E-state index contributed by atoms with van der Waals surface area (Å²) < 4.78 is 4.95. The topological polar surface area (TPSA) is 94.4 Å². The van der Waals surface area contributed by atoms with Crippen molar-refractivity contribution in [1.29, 1.82) is 0 Å². The number of aromatic nitrogens is 1. The maximum atomic E-state index is 12.2. The van der Waals surface area contributed by atoms with Gasteiger partial charge in [0, 0.05) is 28.8 Å². The minimum Gasteiger partial charge on any atom is -0.490 e. The van der Waals surface area contributed by atoms with Crippen LogP contribution in [0.25, 0.3) is 0 Å². The summed E-state index contributed by atoms with van der Waals surface area (Å²) in [5.41, 5.74) is 0.0825. The van der Waals surface area contributed by atoms with Crippen molar-refractivity contribution in [3.05, 3.63) is 45.0 Å². The Hall–Kier alpha value is -2.48. The van der Waals surface area contributed by atoms with Gasteiger partial charge >= 0.3 is 5.69 Å². The minimum atomic E-state index is -0.559. The Morgan fingerprint density at radius 3 is 2.73 bits per heavy atom. The second kappa shape index (κ2) is 6.52. The monoisotopic (exact) mass is 321 g/mol. The van der Waals surface area contributed by atoms with E-state index in [2.05, 4.69) is 10.3 Å². The Balaban J connectivity index is 2.20. The summed E-state index contributed by atoms with van der Waals surface area (Å²) in [4.78, 5) is 27.7. The van der Waals surface area contributed by atoms with Crippen LogP contribution in [0, 0.1) is 10.1 Å². The van der Waals surface area contributed by atoms with E-state index in [1.165, 1.54) is 36.6 Å². The normalized spacial score (nSPS) is 10.5. The van der Waals surface area contributed by atoms with E-state index in [4.69, 9.17) is 4.74 Å². The lowest BCUT2D eigenvalue weighted by atomic mass is 10.2. The van der Waals surface area contributed by atoms with Crippen molar-refractivity contribution in [3.8, 4) is 5.75 Å². The van der Waals surface area contributed by atoms with Gasteiger partial charge in [0.15, 0.2) is 10.9 Å². The predicted molar refractivity (Wildman–Crippen MR) is 83.8 cm³/mol. The second-order valence-corrected chi connectivity index (χ2v) is 5.88. The number of methoxy groups -OCH3 is 1. The Morgan fingerprint density at radius 1 is 1.45 bits per heavy atom. The summed E-state index contributed by atoms with van der Waals surface area (Å²) in [5, 5.41) is 14.0. The molecule has 0 aliphatic heterocycles. The number of nitro groups is 1. The van der Waals surface area contributed by atoms with Crippen LogP contribution in [0.15, 0.2) is 24.4 Å². The summed E-state index contributed by atoms with van der Waals surface area (Å²) >= 11 is 1.40. The predicted octanol–water partition coefficient (Wildman–Crippen LogP) is 3.44. The van der Waals surface area contributed by atoms with Crippen LogP contribution in [0.5, 0.6) is 5.75 Å². The first-order chi connectivity index (χ1) is 10.4. The first-order valence-corrected chi connectivity index (χ1v) is 7.33.